The highest BCUT2D eigenvalue weighted by atomic mass is 16.6. The summed E-state index contributed by atoms with van der Waals surface area (Å²) in [6.07, 6.45) is 6.13. The number of aryl methyl sites for hydroxylation is 1. The zero-order valence-electron chi connectivity index (χ0n) is 21.0. The first-order valence-electron chi connectivity index (χ1n) is 12.7. The number of aliphatic hydroxyl groups is 1. The van der Waals surface area contributed by atoms with Gasteiger partial charge in [0.15, 0.2) is 0 Å². The number of aromatic nitrogens is 3. The molecule has 2 aromatic carbocycles. The Morgan fingerprint density at radius 2 is 1.72 bits per heavy atom. The molecule has 0 bridgehead atoms. The minimum Gasteiger partial charge on any atom is -0.497 e. The van der Waals surface area contributed by atoms with Crippen LogP contribution in [-0.4, -0.2) is 65.3 Å². The molecule has 8 heteroatoms. The predicted octanol–water partition coefficient (Wildman–Crippen LogP) is 3.97. The quantitative estimate of drug-likeness (QED) is 0.483. The summed E-state index contributed by atoms with van der Waals surface area (Å²) in [7, 11) is 3.33. The topological polar surface area (TPSA) is 87.9 Å². The molecule has 3 aromatic rings. The average molecular weight is 494 g/mol. The minimum atomic E-state index is -0.115. The summed E-state index contributed by atoms with van der Waals surface area (Å²) in [5.74, 6) is 0.858. The lowest BCUT2D eigenvalue weighted by Crippen LogP contribution is -2.51. The molecule has 0 unspecified atom stereocenters. The zero-order chi connectivity index (χ0) is 24.9. The van der Waals surface area contributed by atoms with Gasteiger partial charge in [0, 0.05) is 13.5 Å². The van der Waals surface area contributed by atoms with Crippen molar-refractivity contribution in [2.75, 3.05) is 20.8 Å². The van der Waals surface area contributed by atoms with Crippen LogP contribution in [0.1, 0.15) is 43.0 Å². The number of fused-ring (bicyclic) bond motifs is 1. The van der Waals surface area contributed by atoms with E-state index in [2.05, 4.69) is 46.7 Å². The largest absolute Gasteiger partial charge is 0.497 e. The summed E-state index contributed by atoms with van der Waals surface area (Å²) in [5, 5.41) is 18.2. The summed E-state index contributed by atoms with van der Waals surface area (Å²) in [6.45, 7) is 0.471. The fourth-order valence-corrected chi connectivity index (χ4v) is 5.33. The van der Waals surface area contributed by atoms with Gasteiger partial charge in [0.05, 0.1) is 57.0 Å². The molecular weight excluding hydrogens is 458 g/mol. The Balaban J connectivity index is 1.28. The molecule has 2 saturated heterocycles. The molecule has 192 valence electrons. The highest BCUT2D eigenvalue weighted by Gasteiger charge is 2.43. The van der Waals surface area contributed by atoms with E-state index in [1.807, 2.05) is 23.0 Å². The molecular formula is C28H35N3O5. The molecule has 0 spiro atoms. The molecule has 0 amide bonds. The number of rotatable bonds is 9. The molecule has 2 aliphatic heterocycles. The van der Waals surface area contributed by atoms with Crippen LogP contribution < -0.4 is 4.74 Å². The molecule has 36 heavy (non-hydrogen) atoms. The first-order valence-corrected chi connectivity index (χ1v) is 12.7. The van der Waals surface area contributed by atoms with E-state index in [-0.39, 0.29) is 37.1 Å². The number of benzene rings is 2. The van der Waals surface area contributed by atoms with E-state index in [1.165, 1.54) is 16.7 Å². The monoisotopic (exact) mass is 493 g/mol. The number of hydrogen-bond donors (Lipinski definition) is 1. The van der Waals surface area contributed by atoms with Gasteiger partial charge in [-0.1, -0.05) is 41.6 Å². The number of hydrogen-bond acceptors (Lipinski definition) is 7. The Labute approximate surface area is 212 Å². The van der Waals surface area contributed by atoms with Gasteiger partial charge in [-0.05, 0) is 54.5 Å². The highest BCUT2D eigenvalue weighted by Crippen LogP contribution is 2.38. The van der Waals surface area contributed by atoms with Crippen LogP contribution in [0, 0.1) is 0 Å². The van der Waals surface area contributed by atoms with E-state index in [0.717, 1.165) is 43.5 Å². The second kappa shape index (κ2) is 11.5. The summed E-state index contributed by atoms with van der Waals surface area (Å²) in [4.78, 5) is 0. The van der Waals surface area contributed by atoms with Gasteiger partial charge in [-0.25, -0.2) is 4.68 Å². The van der Waals surface area contributed by atoms with Crippen molar-refractivity contribution in [1.82, 2.24) is 15.0 Å². The first-order chi connectivity index (χ1) is 17.7. The third-order valence-electron chi connectivity index (χ3n) is 7.30. The summed E-state index contributed by atoms with van der Waals surface area (Å²) in [5.41, 5.74) is 4.42. The Hall–Kier alpha value is -2.78. The summed E-state index contributed by atoms with van der Waals surface area (Å²) < 4.78 is 25.2. The Morgan fingerprint density at radius 1 is 0.972 bits per heavy atom. The smallest absolute Gasteiger partial charge is 0.118 e. The summed E-state index contributed by atoms with van der Waals surface area (Å²) >= 11 is 0. The van der Waals surface area contributed by atoms with E-state index < -0.39 is 0 Å². The van der Waals surface area contributed by atoms with Gasteiger partial charge < -0.3 is 24.1 Å². The number of nitrogens with zero attached hydrogens (tertiary/aromatic N) is 3. The molecule has 2 fully saturated rings. The van der Waals surface area contributed by atoms with Gasteiger partial charge in [-0.15, -0.1) is 5.10 Å². The van der Waals surface area contributed by atoms with Crippen molar-refractivity contribution < 1.29 is 24.1 Å². The van der Waals surface area contributed by atoms with Gasteiger partial charge in [-0.2, -0.15) is 0 Å². The van der Waals surface area contributed by atoms with E-state index in [4.69, 9.17) is 18.9 Å². The van der Waals surface area contributed by atoms with Crippen molar-refractivity contribution in [3.63, 3.8) is 0 Å². The first kappa shape index (κ1) is 24.9. The van der Waals surface area contributed by atoms with Crippen molar-refractivity contribution in [2.24, 2.45) is 0 Å². The van der Waals surface area contributed by atoms with Crippen LogP contribution in [0.15, 0.2) is 54.7 Å². The molecule has 0 saturated carbocycles. The molecule has 1 aromatic heterocycles. The maximum Gasteiger partial charge on any atom is 0.118 e. The van der Waals surface area contributed by atoms with Crippen LogP contribution in [0.5, 0.6) is 5.75 Å². The van der Waals surface area contributed by atoms with Crippen molar-refractivity contribution in [1.29, 1.82) is 0 Å². The lowest BCUT2D eigenvalue weighted by atomic mass is 9.88. The van der Waals surface area contributed by atoms with Gasteiger partial charge in [0.1, 0.15) is 11.4 Å². The second-order valence-electron chi connectivity index (χ2n) is 9.66. The molecule has 0 aliphatic carbocycles. The molecule has 3 heterocycles. The SMILES string of the molecule is COCc1cn([C@@H]2C[C@@H]3O[C@H](CO)CC[C@@H]3O[C@@H]2CCc2ccc(-c3ccc(OC)cc3)cc2)nn1. The van der Waals surface area contributed by atoms with Crippen molar-refractivity contribution in [3.8, 4) is 16.9 Å². The van der Waals surface area contributed by atoms with Gasteiger partial charge in [0.25, 0.3) is 0 Å². The van der Waals surface area contributed by atoms with E-state index in [9.17, 15) is 5.11 Å². The van der Waals surface area contributed by atoms with Gasteiger partial charge in [0.2, 0.25) is 0 Å². The standard InChI is InChI=1S/C28H35N3O5/c1-33-18-22-16-31(30-29-22)25-15-28-27(14-12-24(17-32)35-28)36-26(25)13-5-19-3-6-20(7-4-19)21-8-10-23(34-2)11-9-21/h3-4,6-11,16,24-28,32H,5,12-15,17-18H2,1-2H3/t24-,25+,26+,27-,28-/m0/s1. The molecule has 2 aliphatic rings. The van der Waals surface area contributed by atoms with Crippen molar-refractivity contribution in [3.05, 3.63) is 66.0 Å². The molecule has 0 radical (unpaired) electrons. The lowest BCUT2D eigenvalue weighted by Gasteiger charge is -2.45. The van der Waals surface area contributed by atoms with E-state index in [1.54, 1.807) is 14.2 Å². The summed E-state index contributed by atoms with van der Waals surface area (Å²) in [6, 6.07) is 16.9. The predicted molar refractivity (Wildman–Crippen MR) is 135 cm³/mol. The third kappa shape index (κ3) is 5.62. The number of methoxy groups -OCH3 is 2. The zero-order valence-corrected chi connectivity index (χ0v) is 21.0. The van der Waals surface area contributed by atoms with Crippen LogP contribution in [0.3, 0.4) is 0 Å². The highest BCUT2D eigenvalue weighted by molar-refractivity contribution is 5.64. The molecule has 1 N–H and O–H groups in total. The van der Waals surface area contributed by atoms with Crippen molar-refractivity contribution >= 4 is 0 Å². The van der Waals surface area contributed by atoms with Crippen LogP contribution >= 0.6 is 0 Å². The fraction of sp³-hybridized carbons (Fsp3) is 0.500. The van der Waals surface area contributed by atoms with Gasteiger partial charge >= 0.3 is 0 Å². The van der Waals surface area contributed by atoms with E-state index >= 15 is 0 Å². The van der Waals surface area contributed by atoms with Crippen LogP contribution in [0.4, 0.5) is 0 Å². The maximum absolute atomic E-state index is 9.59. The van der Waals surface area contributed by atoms with Gasteiger partial charge in [-0.3, -0.25) is 0 Å². The molecule has 5 atom stereocenters. The third-order valence-corrected chi connectivity index (χ3v) is 7.30. The second-order valence-corrected chi connectivity index (χ2v) is 9.66. The number of ether oxygens (including phenoxy) is 4. The Kier molecular flexibility index (Phi) is 7.96. The van der Waals surface area contributed by atoms with Crippen LogP contribution in [-0.2, 0) is 27.2 Å². The normalized spacial score (nSPS) is 25.9. The van der Waals surface area contributed by atoms with Crippen LogP contribution in [0.25, 0.3) is 11.1 Å². The minimum absolute atomic E-state index is 0.00103. The Morgan fingerprint density at radius 3 is 2.42 bits per heavy atom. The fourth-order valence-electron chi connectivity index (χ4n) is 5.33. The number of aliphatic hydroxyl groups excluding tert-OH is 1. The van der Waals surface area contributed by atoms with Crippen LogP contribution in [0.2, 0.25) is 0 Å². The van der Waals surface area contributed by atoms with Crippen molar-refractivity contribution in [2.45, 2.75) is 69.2 Å². The molecule has 5 rings (SSSR count). The Bertz CT molecular complexity index is 1100. The average Bonchev–Trinajstić information content (AvgIpc) is 3.40. The lowest BCUT2D eigenvalue weighted by molar-refractivity contribution is -0.209. The van der Waals surface area contributed by atoms with E-state index in [0.29, 0.717) is 6.61 Å². The maximum atomic E-state index is 9.59. The molecule has 8 nitrogen and oxygen atoms in total.